The summed E-state index contributed by atoms with van der Waals surface area (Å²) in [5.41, 5.74) is 2.57. The third kappa shape index (κ3) is 3.35. The molecule has 1 fully saturated rings. The van der Waals surface area contributed by atoms with Gasteiger partial charge < -0.3 is 9.64 Å². The van der Waals surface area contributed by atoms with Gasteiger partial charge in [-0.3, -0.25) is 0 Å². The smallest absolute Gasteiger partial charge is 0.370 e. The predicted octanol–water partition coefficient (Wildman–Crippen LogP) is 3.02. The van der Waals surface area contributed by atoms with Crippen LogP contribution in [0.2, 0.25) is 0 Å². The quantitative estimate of drug-likeness (QED) is 0.784. The van der Waals surface area contributed by atoms with Gasteiger partial charge in [-0.05, 0) is 19.8 Å². The summed E-state index contributed by atoms with van der Waals surface area (Å²) in [7, 11) is 0. The molecule has 0 spiro atoms. The molecular formula is C18H23N2O+. The molecule has 3 nitrogen and oxygen atoms in total. The topological polar surface area (TPSA) is 16.4 Å². The van der Waals surface area contributed by atoms with Gasteiger partial charge in [0.2, 0.25) is 0 Å². The normalized spacial score (nSPS) is 14.4. The number of rotatable bonds is 5. The van der Waals surface area contributed by atoms with E-state index in [1.54, 1.807) is 0 Å². The molecule has 2 heterocycles. The highest BCUT2D eigenvalue weighted by Gasteiger charge is 2.18. The van der Waals surface area contributed by atoms with Crippen LogP contribution in [0, 0.1) is 0 Å². The van der Waals surface area contributed by atoms with Crippen molar-refractivity contribution in [2.75, 3.05) is 24.6 Å². The van der Waals surface area contributed by atoms with Crippen molar-refractivity contribution in [3.63, 3.8) is 0 Å². The van der Waals surface area contributed by atoms with Crippen LogP contribution in [0.25, 0.3) is 0 Å². The molecule has 3 heteroatoms. The Morgan fingerprint density at radius 1 is 1.10 bits per heavy atom. The third-order valence-corrected chi connectivity index (χ3v) is 3.94. The first-order chi connectivity index (χ1) is 10.4. The second kappa shape index (κ2) is 6.61. The van der Waals surface area contributed by atoms with Gasteiger partial charge in [0.05, 0.1) is 18.4 Å². The molecule has 21 heavy (non-hydrogen) atoms. The molecule has 1 saturated heterocycles. The number of nitrogens with zero attached hydrogens (tertiary/aromatic N) is 2. The fourth-order valence-electron chi connectivity index (χ4n) is 2.85. The number of benzene rings is 1. The summed E-state index contributed by atoms with van der Waals surface area (Å²) >= 11 is 0. The summed E-state index contributed by atoms with van der Waals surface area (Å²) < 4.78 is 8.02. The van der Waals surface area contributed by atoms with Crippen LogP contribution in [0.1, 0.15) is 25.3 Å². The van der Waals surface area contributed by atoms with E-state index in [1.165, 1.54) is 24.1 Å². The molecule has 3 rings (SSSR count). The first-order valence-electron chi connectivity index (χ1n) is 7.82. The highest BCUT2D eigenvalue weighted by atomic mass is 16.5. The van der Waals surface area contributed by atoms with Gasteiger partial charge in [-0.15, -0.1) is 0 Å². The average Bonchev–Trinajstić information content (AvgIpc) is 3.05. The number of aromatic nitrogens is 1. The Balaban J connectivity index is 1.85. The zero-order valence-electron chi connectivity index (χ0n) is 12.7. The third-order valence-electron chi connectivity index (χ3n) is 3.94. The van der Waals surface area contributed by atoms with Gasteiger partial charge in [-0.25, -0.2) is 0 Å². The van der Waals surface area contributed by atoms with Gasteiger partial charge >= 0.3 is 5.88 Å². The Hall–Kier alpha value is -2.03. The largest absolute Gasteiger partial charge is 0.445 e. The number of hydrogen-bond acceptors (Lipinski definition) is 2. The first kappa shape index (κ1) is 13.9. The van der Waals surface area contributed by atoms with Crippen molar-refractivity contribution in [1.29, 1.82) is 0 Å². The van der Waals surface area contributed by atoms with Crippen molar-refractivity contribution in [2.45, 2.75) is 26.3 Å². The Kier molecular flexibility index (Phi) is 4.39. The Labute approximate surface area is 126 Å². The fourth-order valence-corrected chi connectivity index (χ4v) is 2.85. The van der Waals surface area contributed by atoms with Gasteiger partial charge in [-0.1, -0.05) is 30.3 Å². The SMILES string of the molecule is CCOc1cc(N2CCCC2)cc[n+]1Cc1ccccc1. The minimum absolute atomic E-state index is 0.693. The molecule has 0 bridgehead atoms. The maximum atomic E-state index is 5.85. The molecule has 0 N–H and O–H groups in total. The van der Waals surface area contributed by atoms with Crippen LogP contribution >= 0.6 is 0 Å². The lowest BCUT2D eigenvalue weighted by Gasteiger charge is -2.17. The zero-order chi connectivity index (χ0) is 14.5. The number of anilines is 1. The highest BCUT2D eigenvalue weighted by molar-refractivity contribution is 5.47. The van der Waals surface area contributed by atoms with Crippen LogP contribution in [0.15, 0.2) is 48.7 Å². The molecule has 0 radical (unpaired) electrons. The molecular weight excluding hydrogens is 260 g/mol. The summed E-state index contributed by atoms with van der Waals surface area (Å²) in [5.74, 6) is 0.950. The van der Waals surface area contributed by atoms with Crippen molar-refractivity contribution < 1.29 is 9.30 Å². The first-order valence-corrected chi connectivity index (χ1v) is 7.82. The monoisotopic (exact) mass is 283 g/mol. The lowest BCUT2D eigenvalue weighted by molar-refractivity contribution is -0.693. The Morgan fingerprint density at radius 2 is 1.86 bits per heavy atom. The van der Waals surface area contributed by atoms with E-state index in [1.807, 2.05) is 13.0 Å². The minimum Gasteiger partial charge on any atom is -0.445 e. The molecule has 1 aromatic carbocycles. The standard InChI is InChI=1S/C18H23N2O/c1-2-21-18-14-17(19-11-6-7-12-19)10-13-20(18)15-16-8-4-3-5-9-16/h3-5,8-10,13-14H,2,6-7,11-12,15H2,1H3/q+1. The van der Waals surface area contributed by atoms with Gasteiger partial charge in [0, 0.05) is 24.7 Å². The van der Waals surface area contributed by atoms with Crippen LogP contribution in [0.3, 0.4) is 0 Å². The molecule has 1 aliphatic rings. The maximum absolute atomic E-state index is 5.85. The molecule has 0 atom stereocenters. The lowest BCUT2D eigenvalue weighted by atomic mass is 10.2. The highest BCUT2D eigenvalue weighted by Crippen LogP contribution is 2.22. The number of pyridine rings is 1. The second-order valence-electron chi connectivity index (χ2n) is 5.46. The van der Waals surface area contributed by atoms with Gasteiger partial charge in [-0.2, -0.15) is 4.57 Å². The number of hydrogen-bond donors (Lipinski definition) is 0. The lowest BCUT2D eigenvalue weighted by Crippen LogP contribution is -2.36. The Bertz CT molecular complexity index is 577. The fraction of sp³-hybridized carbons (Fsp3) is 0.389. The van der Waals surface area contributed by atoms with Crippen LogP contribution in [-0.4, -0.2) is 19.7 Å². The molecule has 0 amide bonds. The van der Waals surface area contributed by atoms with Gasteiger partial charge in [0.1, 0.15) is 0 Å². The average molecular weight is 283 g/mol. The van der Waals surface area contributed by atoms with Crippen molar-refractivity contribution in [3.05, 3.63) is 54.2 Å². The Morgan fingerprint density at radius 3 is 2.57 bits per heavy atom. The van der Waals surface area contributed by atoms with Gasteiger partial charge in [0.25, 0.3) is 0 Å². The minimum atomic E-state index is 0.693. The summed E-state index contributed by atoms with van der Waals surface area (Å²) in [6.07, 6.45) is 4.73. The molecule has 0 unspecified atom stereocenters. The molecule has 1 aromatic heterocycles. The summed E-state index contributed by atoms with van der Waals surface area (Å²) in [6, 6.07) is 14.9. The van der Waals surface area contributed by atoms with Gasteiger partial charge in [0.15, 0.2) is 12.7 Å². The van der Waals surface area contributed by atoms with Crippen molar-refractivity contribution in [3.8, 4) is 5.88 Å². The van der Waals surface area contributed by atoms with Crippen molar-refractivity contribution in [1.82, 2.24) is 0 Å². The summed E-state index contributed by atoms with van der Waals surface area (Å²) in [4.78, 5) is 2.44. The van der Waals surface area contributed by atoms with Crippen LogP contribution < -0.4 is 14.2 Å². The van der Waals surface area contributed by atoms with E-state index in [0.29, 0.717) is 6.61 Å². The van der Waals surface area contributed by atoms with E-state index >= 15 is 0 Å². The number of ether oxygens (including phenoxy) is 1. The maximum Gasteiger partial charge on any atom is 0.370 e. The van der Waals surface area contributed by atoms with Crippen molar-refractivity contribution >= 4 is 5.69 Å². The van der Waals surface area contributed by atoms with Crippen LogP contribution in [0.5, 0.6) is 5.88 Å². The van der Waals surface area contributed by atoms with E-state index < -0.39 is 0 Å². The van der Waals surface area contributed by atoms with Crippen LogP contribution in [-0.2, 0) is 6.54 Å². The summed E-state index contributed by atoms with van der Waals surface area (Å²) in [6.45, 7) is 5.90. The molecule has 2 aromatic rings. The second-order valence-corrected chi connectivity index (χ2v) is 5.46. The van der Waals surface area contributed by atoms with Crippen LogP contribution in [0.4, 0.5) is 5.69 Å². The van der Waals surface area contributed by atoms with Crippen molar-refractivity contribution in [2.24, 2.45) is 0 Å². The van der Waals surface area contributed by atoms with E-state index in [0.717, 1.165) is 25.5 Å². The molecule has 0 aliphatic carbocycles. The zero-order valence-corrected chi connectivity index (χ0v) is 12.7. The van der Waals surface area contributed by atoms with E-state index in [4.69, 9.17) is 4.74 Å². The molecule has 0 saturated carbocycles. The molecule has 1 aliphatic heterocycles. The van der Waals surface area contributed by atoms with E-state index in [-0.39, 0.29) is 0 Å². The molecule has 110 valence electrons. The van der Waals surface area contributed by atoms with E-state index in [2.05, 4.69) is 52.1 Å². The van der Waals surface area contributed by atoms with E-state index in [9.17, 15) is 0 Å². The summed E-state index contributed by atoms with van der Waals surface area (Å²) in [5, 5.41) is 0. The predicted molar refractivity (Wildman–Crippen MR) is 84.8 cm³/mol.